The van der Waals surface area contributed by atoms with Gasteiger partial charge in [-0.05, 0) is 37.0 Å². The van der Waals surface area contributed by atoms with Crippen molar-refractivity contribution in [3.05, 3.63) is 35.4 Å². The molecule has 2 amide bonds. The number of amides is 2. The van der Waals surface area contributed by atoms with Crippen LogP contribution in [-0.2, 0) is 16.1 Å². The van der Waals surface area contributed by atoms with Gasteiger partial charge in [-0.25, -0.2) is 8.78 Å². The SMILES string of the molecule is CC(C)[C@H](N)C(=O)NCC(=O)N(Cc1cc(F)ccc1F)C1CCCC1. The average molecular weight is 367 g/mol. The van der Waals surface area contributed by atoms with Crippen LogP contribution in [0, 0.1) is 17.6 Å². The Bertz CT molecular complexity index is 646. The molecule has 7 heteroatoms. The molecular formula is C19H27F2N3O2. The molecular weight excluding hydrogens is 340 g/mol. The summed E-state index contributed by atoms with van der Waals surface area (Å²) in [4.78, 5) is 26.2. The Morgan fingerprint density at radius 2 is 1.92 bits per heavy atom. The zero-order chi connectivity index (χ0) is 19.3. The van der Waals surface area contributed by atoms with Crippen LogP contribution in [0.4, 0.5) is 8.78 Å². The van der Waals surface area contributed by atoms with Gasteiger partial charge in [0.1, 0.15) is 11.6 Å². The number of carbonyl (C=O) groups excluding carboxylic acids is 2. The lowest BCUT2D eigenvalue weighted by Crippen LogP contribution is -2.49. The Morgan fingerprint density at radius 1 is 1.27 bits per heavy atom. The maximum Gasteiger partial charge on any atom is 0.242 e. The number of hydrogen-bond donors (Lipinski definition) is 2. The van der Waals surface area contributed by atoms with Gasteiger partial charge in [-0.3, -0.25) is 9.59 Å². The lowest BCUT2D eigenvalue weighted by atomic mass is 10.1. The molecule has 1 fully saturated rings. The molecule has 26 heavy (non-hydrogen) atoms. The first kappa shape index (κ1) is 20.3. The highest BCUT2D eigenvalue weighted by atomic mass is 19.1. The third kappa shape index (κ3) is 5.24. The van der Waals surface area contributed by atoms with Crippen molar-refractivity contribution in [1.29, 1.82) is 0 Å². The summed E-state index contributed by atoms with van der Waals surface area (Å²) in [6.07, 6.45) is 3.62. The molecule has 1 atom stereocenters. The lowest BCUT2D eigenvalue weighted by molar-refractivity contribution is -0.135. The smallest absolute Gasteiger partial charge is 0.242 e. The van der Waals surface area contributed by atoms with Crippen molar-refractivity contribution in [2.24, 2.45) is 11.7 Å². The van der Waals surface area contributed by atoms with Crippen LogP contribution in [0.15, 0.2) is 18.2 Å². The quantitative estimate of drug-likeness (QED) is 0.777. The first-order valence-corrected chi connectivity index (χ1v) is 9.06. The highest BCUT2D eigenvalue weighted by molar-refractivity contribution is 5.87. The first-order valence-electron chi connectivity index (χ1n) is 9.06. The monoisotopic (exact) mass is 367 g/mol. The van der Waals surface area contributed by atoms with Crippen LogP contribution in [0.5, 0.6) is 0 Å². The fourth-order valence-electron chi connectivity index (χ4n) is 3.17. The highest BCUT2D eigenvalue weighted by Gasteiger charge is 2.28. The number of halogens is 2. The van der Waals surface area contributed by atoms with E-state index in [0.29, 0.717) is 0 Å². The van der Waals surface area contributed by atoms with Gasteiger partial charge in [0, 0.05) is 18.2 Å². The van der Waals surface area contributed by atoms with Gasteiger partial charge in [-0.1, -0.05) is 26.7 Å². The summed E-state index contributed by atoms with van der Waals surface area (Å²) in [5, 5.41) is 2.56. The topological polar surface area (TPSA) is 75.4 Å². The minimum Gasteiger partial charge on any atom is -0.346 e. The molecule has 0 unspecified atom stereocenters. The van der Waals surface area contributed by atoms with Gasteiger partial charge in [0.05, 0.1) is 12.6 Å². The average Bonchev–Trinajstić information content (AvgIpc) is 3.13. The Labute approximate surface area is 152 Å². The van der Waals surface area contributed by atoms with Crippen LogP contribution >= 0.6 is 0 Å². The highest BCUT2D eigenvalue weighted by Crippen LogP contribution is 2.26. The number of hydrogen-bond acceptors (Lipinski definition) is 3. The van der Waals surface area contributed by atoms with Crippen LogP contribution in [0.1, 0.15) is 45.1 Å². The van der Waals surface area contributed by atoms with Crippen molar-refractivity contribution in [1.82, 2.24) is 10.2 Å². The van der Waals surface area contributed by atoms with Crippen molar-refractivity contribution in [2.75, 3.05) is 6.54 Å². The summed E-state index contributed by atoms with van der Waals surface area (Å²) in [5.74, 6) is -1.84. The fraction of sp³-hybridized carbons (Fsp3) is 0.579. The summed E-state index contributed by atoms with van der Waals surface area (Å²) < 4.78 is 27.5. The maximum absolute atomic E-state index is 14.0. The third-order valence-electron chi connectivity index (χ3n) is 4.87. The standard InChI is InChI=1S/C19H27F2N3O2/c1-12(2)18(22)19(26)23-10-17(25)24(15-5-3-4-6-15)11-13-9-14(20)7-8-16(13)21/h7-9,12,15,18H,3-6,10-11,22H2,1-2H3,(H,23,26)/t18-/m0/s1. The summed E-state index contributed by atoms with van der Waals surface area (Å²) >= 11 is 0. The maximum atomic E-state index is 14.0. The molecule has 1 aliphatic rings. The number of nitrogens with zero attached hydrogens (tertiary/aromatic N) is 1. The largest absolute Gasteiger partial charge is 0.346 e. The van der Waals surface area contributed by atoms with Gasteiger partial charge in [0.15, 0.2) is 0 Å². The van der Waals surface area contributed by atoms with Crippen LogP contribution in [0.3, 0.4) is 0 Å². The molecule has 0 bridgehead atoms. The molecule has 5 nitrogen and oxygen atoms in total. The normalized spacial score (nSPS) is 15.9. The van der Waals surface area contributed by atoms with Gasteiger partial charge >= 0.3 is 0 Å². The number of rotatable bonds is 7. The molecule has 0 aromatic heterocycles. The predicted molar refractivity (Wildman–Crippen MR) is 95.0 cm³/mol. The number of benzene rings is 1. The summed E-state index contributed by atoms with van der Waals surface area (Å²) in [6, 6.07) is 2.50. The van der Waals surface area contributed by atoms with Crippen molar-refractivity contribution in [2.45, 2.75) is 58.2 Å². The van der Waals surface area contributed by atoms with Crippen molar-refractivity contribution >= 4 is 11.8 Å². The van der Waals surface area contributed by atoms with Crippen LogP contribution < -0.4 is 11.1 Å². The second-order valence-electron chi connectivity index (χ2n) is 7.18. The predicted octanol–water partition coefficient (Wildman–Crippen LogP) is 2.34. The minimum absolute atomic E-state index is 0.0147. The van der Waals surface area contributed by atoms with Crippen molar-refractivity contribution < 1.29 is 18.4 Å². The molecule has 1 aliphatic carbocycles. The van der Waals surface area contributed by atoms with Crippen LogP contribution in [-0.4, -0.2) is 35.3 Å². The number of carbonyl (C=O) groups is 2. The van der Waals surface area contributed by atoms with E-state index in [9.17, 15) is 18.4 Å². The molecule has 1 saturated carbocycles. The van der Waals surface area contributed by atoms with E-state index in [1.165, 1.54) is 0 Å². The molecule has 3 N–H and O–H groups in total. The Morgan fingerprint density at radius 3 is 2.54 bits per heavy atom. The van der Waals surface area contributed by atoms with Crippen molar-refractivity contribution in [3.63, 3.8) is 0 Å². The van der Waals surface area contributed by atoms with E-state index in [1.807, 2.05) is 13.8 Å². The molecule has 1 aromatic carbocycles. The van der Waals surface area contributed by atoms with Gasteiger partial charge in [-0.2, -0.15) is 0 Å². The lowest BCUT2D eigenvalue weighted by Gasteiger charge is -2.30. The zero-order valence-electron chi connectivity index (χ0n) is 15.3. The molecule has 2 rings (SSSR count). The Kier molecular flexibility index (Phi) is 7.08. The molecule has 0 spiro atoms. The zero-order valence-corrected chi connectivity index (χ0v) is 15.3. The number of nitrogens with one attached hydrogen (secondary N) is 1. The van der Waals surface area contributed by atoms with E-state index in [-0.39, 0.29) is 36.5 Å². The van der Waals surface area contributed by atoms with E-state index >= 15 is 0 Å². The Balaban J connectivity index is 2.08. The first-order chi connectivity index (χ1) is 12.3. The second-order valence-corrected chi connectivity index (χ2v) is 7.18. The summed E-state index contributed by atoms with van der Waals surface area (Å²) in [6.45, 7) is 3.43. The third-order valence-corrected chi connectivity index (χ3v) is 4.87. The van der Waals surface area contributed by atoms with Crippen LogP contribution in [0.2, 0.25) is 0 Å². The molecule has 0 saturated heterocycles. The fourth-order valence-corrected chi connectivity index (χ4v) is 3.17. The summed E-state index contributed by atoms with van der Waals surface area (Å²) in [7, 11) is 0. The number of nitrogens with two attached hydrogens (primary N) is 1. The summed E-state index contributed by atoms with van der Waals surface area (Å²) in [5.41, 5.74) is 5.91. The van der Waals surface area contributed by atoms with Gasteiger partial charge in [0.25, 0.3) is 0 Å². The van der Waals surface area contributed by atoms with Gasteiger partial charge < -0.3 is 16.0 Å². The van der Waals surface area contributed by atoms with E-state index < -0.39 is 23.6 Å². The van der Waals surface area contributed by atoms with E-state index in [1.54, 1.807) is 4.90 Å². The van der Waals surface area contributed by atoms with Crippen LogP contribution in [0.25, 0.3) is 0 Å². The molecule has 0 aliphatic heterocycles. The molecule has 0 radical (unpaired) electrons. The van der Waals surface area contributed by atoms with E-state index in [2.05, 4.69) is 5.32 Å². The Hall–Kier alpha value is -2.02. The van der Waals surface area contributed by atoms with Gasteiger partial charge in [0.2, 0.25) is 11.8 Å². The van der Waals surface area contributed by atoms with Gasteiger partial charge in [-0.15, -0.1) is 0 Å². The molecule has 1 aromatic rings. The molecule has 0 heterocycles. The second kappa shape index (κ2) is 9.07. The van der Waals surface area contributed by atoms with E-state index in [4.69, 9.17) is 5.73 Å². The van der Waals surface area contributed by atoms with Crippen molar-refractivity contribution in [3.8, 4) is 0 Å². The molecule has 144 valence electrons. The minimum atomic E-state index is -0.691. The van der Waals surface area contributed by atoms with E-state index in [0.717, 1.165) is 43.9 Å².